The van der Waals surface area contributed by atoms with E-state index in [-0.39, 0.29) is 5.91 Å². The first-order valence-corrected chi connectivity index (χ1v) is 6.25. The van der Waals surface area contributed by atoms with Crippen LogP contribution in [-0.4, -0.2) is 29.3 Å². The lowest BCUT2D eigenvalue weighted by Crippen LogP contribution is -2.31. The molecule has 0 saturated carbocycles. The zero-order valence-corrected chi connectivity index (χ0v) is 11.0. The Balaban J connectivity index is 2.02. The van der Waals surface area contributed by atoms with Gasteiger partial charge in [0, 0.05) is 18.9 Å². The predicted molar refractivity (Wildman–Crippen MR) is 73.5 cm³/mol. The number of hydrogen-bond donors (Lipinski definition) is 2. The van der Waals surface area contributed by atoms with E-state index in [0.29, 0.717) is 19.6 Å². The van der Waals surface area contributed by atoms with E-state index in [1.165, 1.54) is 0 Å². The lowest BCUT2D eigenvalue weighted by atomic mass is 10.1. The summed E-state index contributed by atoms with van der Waals surface area (Å²) in [4.78, 5) is 11.5. The van der Waals surface area contributed by atoms with Crippen molar-refractivity contribution in [2.75, 3.05) is 13.6 Å². The lowest BCUT2D eigenvalue weighted by molar-refractivity contribution is -0.120. The average molecular weight is 258 g/mol. The van der Waals surface area contributed by atoms with Gasteiger partial charge in [-0.1, -0.05) is 24.3 Å². The van der Waals surface area contributed by atoms with Crippen LogP contribution < -0.4 is 10.6 Å². The maximum absolute atomic E-state index is 11.5. The molecule has 0 radical (unpaired) electrons. The fourth-order valence-corrected chi connectivity index (χ4v) is 1.87. The van der Waals surface area contributed by atoms with Gasteiger partial charge < -0.3 is 10.6 Å². The van der Waals surface area contributed by atoms with E-state index >= 15 is 0 Å². The fourth-order valence-electron chi connectivity index (χ4n) is 1.87. The smallest absolute Gasteiger partial charge is 0.234 e. The molecule has 2 aromatic rings. The van der Waals surface area contributed by atoms with Crippen LogP contribution in [0.15, 0.2) is 42.7 Å². The van der Waals surface area contributed by atoms with Crippen LogP contribution in [0.1, 0.15) is 11.1 Å². The van der Waals surface area contributed by atoms with Crippen LogP contribution in [-0.2, 0) is 17.9 Å². The lowest BCUT2D eigenvalue weighted by Gasteiger charge is -2.11. The topological polar surface area (TPSA) is 59.0 Å². The van der Waals surface area contributed by atoms with Gasteiger partial charge in [0.2, 0.25) is 5.91 Å². The van der Waals surface area contributed by atoms with Crippen LogP contribution in [0, 0.1) is 0 Å². The van der Waals surface area contributed by atoms with Gasteiger partial charge in [0.25, 0.3) is 0 Å². The number of benzene rings is 1. The molecule has 0 saturated heterocycles. The molecular formula is C14H18N4O. The molecule has 2 N–H and O–H groups in total. The molecule has 0 unspecified atom stereocenters. The molecule has 0 bridgehead atoms. The summed E-state index contributed by atoms with van der Waals surface area (Å²) in [5, 5.41) is 9.91. The van der Waals surface area contributed by atoms with Gasteiger partial charge in [0.1, 0.15) is 0 Å². The first kappa shape index (κ1) is 13.3. The van der Waals surface area contributed by atoms with E-state index in [1.807, 2.05) is 35.1 Å². The fraction of sp³-hybridized carbons (Fsp3) is 0.286. The highest BCUT2D eigenvalue weighted by molar-refractivity contribution is 5.77. The summed E-state index contributed by atoms with van der Waals surface area (Å²) < 4.78 is 1.87. The Kier molecular flexibility index (Phi) is 4.69. The van der Waals surface area contributed by atoms with Crippen molar-refractivity contribution in [3.05, 3.63) is 53.9 Å². The standard InChI is InChI=1S/C14H18N4O/c1-15-10-14(19)16-9-12-5-2-3-6-13(12)11-18-8-4-7-17-18/h2-8,15H,9-11H2,1H3,(H,16,19). The largest absolute Gasteiger partial charge is 0.351 e. The summed E-state index contributed by atoms with van der Waals surface area (Å²) >= 11 is 0. The highest BCUT2D eigenvalue weighted by Gasteiger charge is 2.04. The molecule has 5 heteroatoms. The Hall–Kier alpha value is -2.14. The summed E-state index contributed by atoms with van der Waals surface area (Å²) in [5.41, 5.74) is 2.28. The molecule has 2 rings (SSSR count). The minimum atomic E-state index is -0.00334. The van der Waals surface area contributed by atoms with Crippen molar-refractivity contribution in [3.63, 3.8) is 0 Å². The van der Waals surface area contributed by atoms with Gasteiger partial charge in [-0.15, -0.1) is 0 Å². The van der Waals surface area contributed by atoms with Gasteiger partial charge in [-0.3, -0.25) is 9.48 Å². The first-order chi connectivity index (χ1) is 9.29. The van der Waals surface area contributed by atoms with Crippen molar-refractivity contribution in [1.82, 2.24) is 20.4 Å². The highest BCUT2D eigenvalue weighted by atomic mass is 16.1. The van der Waals surface area contributed by atoms with Crippen LogP contribution in [0.2, 0.25) is 0 Å². The van der Waals surface area contributed by atoms with Gasteiger partial charge in [-0.05, 0) is 24.2 Å². The average Bonchev–Trinajstić information content (AvgIpc) is 2.91. The van der Waals surface area contributed by atoms with Gasteiger partial charge in [-0.25, -0.2) is 0 Å². The number of rotatable bonds is 6. The number of likely N-dealkylation sites (N-methyl/N-ethyl adjacent to an activating group) is 1. The van der Waals surface area contributed by atoms with E-state index in [4.69, 9.17) is 0 Å². The van der Waals surface area contributed by atoms with Crippen molar-refractivity contribution in [1.29, 1.82) is 0 Å². The van der Waals surface area contributed by atoms with Crippen LogP contribution >= 0.6 is 0 Å². The Bertz CT molecular complexity index is 522. The maximum Gasteiger partial charge on any atom is 0.234 e. The van der Waals surface area contributed by atoms with Gasteiger partial charge in [-0.2, -0.15) is 5.10 Å². The molecule has 1 aromatic heterocycles. The summed E-state index contributed by atoms with van der Waals surface area (Å²) in [6.45, 7) is 1.59. The van der Waals surface area contributed by atoms with Gasteiger partial charge >= 0.3 is 0 Å². The number of nitrogens with zero attached hydrogens (tertiary/aromatic N) is 2. The molecule has 0 fully saturated rings. The minimum absolute atomic E-state index is 0.00334. The maximum atomic E-state index is 11.5. The number of hydrogen-bond acceptors (Lipinski definition) is 3. The summed E-state index contributed by atoms with van der Waals surface area (Å²) in [6.07, 6.45) is 3.69. The Labute approximate surface area is 112 Å². The Morgan fingerprint density at radius 3 is 2.74 bits per heavy atom. The number of amides is 1. The van der Waals surface area contributed by atoms with Crippen molar-refractivity contribution in [3.8, 4) is 0 Å². The second kappa shape index (κ2) is 6.70. The summed E-state index contributed by atoms with van der Waals surface area (Å²) in [5.74, 6) is -0.00334. The highest BCUT2D eigenvalue weighted by Crippen LogP contribution is 2.10. The normalized spacial score (nSPS) is 10.4. The number of carbonyl (C=O) groups is 1. The van der Waals surface area contributed by atoms with Crippen LogP contribution in [0.3, 0.4) is 0 Å². The van der Waals surface area contributed by atoms with Gasteiger partial charge in [0.05, 0.1) is 13.1 Å². The quantitative estimate of drug-likeness (QED) is 0.804. The molecule has 0 aliphatic carbocycles. The molecule has 1 heterocycles. The first-order valence-electron chi connectivity index (χ1n) is 6.25. The third-order valence-electron chi connectivity index (χ3n) is 2.82. The molecule has 0 aliphatic heterocycles. The number of aromatic nitrogens is 2. The van der Waals surface area contributed by atoms with E-state index in [2.05, 4.69) is 21.8 Å². The van der Waals surface area contributed by atoms with E-state index < -0.39 is 0 Å². The number of nitrogens with one attached hydrogen (secondary N) is 2. The Morgan fingerprint density at radius 2 is 2.05 bits per heavy atom. The number of carbonyl (C=O) groups excluding carboxylic acids is 1. The Morgan fingerprint density at radius 1 is 1.26 bits per heavy atom. The molecular weight excluding hydrogens is 240 g/mol. The zero-order valence-electron chi connectivity index (χ0n) is 11.0. The monoisotopic (exact) mass is 258 g/mol. The summed E-state index contributed by atoms with van der Waals surface area (Å²) in [6, 6.07) is 9.96. The second-order valence-electron chi connectivity index (χ2n) is 4.28. The molecule has 1 amide bonds. The van der Waals surface area contributed by atoms with Crippen LogP contribution in [0.4, 0.5) is 0 Å². The molecule has 5 nitrogen and oxygen atoms in total. The molecule has 100 valence electrons. The van der Waals surface area contributed by atoms with Crippen molar-refractivity contribution in [2.45, 2.75) is 13.1 Å². The van der Waals surface area contributed by atoms with Crippen molar-refractivity contribution < 1.29 is 4.79 Å². The second-order valence-corrected chi connectivity index (χ2v) is 4.28. The molecule has 19 heavy (non-hydrogen) atoms. The zero-order chi connectivity index (χ0) is 13.5. The van der Waals surface area contributed by atoms with Crippen LogP contribution in [0.25, 0.3) is 0 Å². The van der Waals surface area contributed by atoms with Crippen molar-refractivity contribution >= 4 is 5.91 Å². The predicted octanol–water partition coefficient (Wildman–Crippen LogP) is 0.767. The molecule has 0 aliphatic rings. The summed E-state index contributed by atoms with van der Waals surface area (Å²) in [7, 11) is 1.76. The minimum Gasteiger partial charge on any atom is -0.351 e. The molecule has 0 atom stereocenters. The van der Waals surface area contributed by atoms with Gasteiger partial charge in [0.15, 0.2) is 0 Å². The third-order valence-corrected chi connectivity index (χ3v) is 2.82. The van der Waals surface area contributed by atoms with E-state index in [9.17, 15) is 4.79 Å². The van der Waals surface area contributed by atoms with Crippen LogP contribution in [0.5, 0.6) is 0 Å². The third kappa shape index (κ3) is 3.93. The SMILES string of the molecule is CNCC(=O)NCc1ccccc1Cn1cccn1. The van der Waals surface area contributed by atoms with Crippen molar-refractivity contribution in [2.24, 2.45) is 0 Å². The van der Waals surface area contributed by atoms with E-state index in [0.717, 1.165) is 11.1 Å². The molecule has 1 aromatic carbocycles. The van der Waals surface area contributed by atoms with E-state index in [1.54, 1.807) is 13.2 Å². The molecule has 0 spiro atoms.